The van der Waals surface area contributed by atoms with Crippen LogP contribution in [-0.4, -0.2) is 18.4 Å². The summed E-state index contributed by atoms with van der Waals surface area (Å²) in [5.74, 6) is -1.12. The number of nitrogens with zero attached hydrogens (tertiary/aromatic N) is 1. The smallest absolute Gasteiger partial charge is 0.239 e. The van der Waals surface area contributed by atoms with Gasteiger partial charge in [-0.1, -0.05) is 41.4 Å². The molecule has 24 heavy (non-hydrogen) atoms. The Morgan fingerprint density at radius 3 is 2.54 bits per heavy atom. The Bertz CT molecular complexity index is 762. The quantitative estimate of drug-likeness (QED) is 0.843. The molecule has 0 saturated carbocycles. The van der Waals surface area contributed by atoms with Crippen LogP contribution < -0.4 is 10.2 Å². The number of benzene rings is 2. The minimum Gasteiger partial charge on any atom is -0.351 e. The summed E-state index contributed by atoms with van der Waals surface area (Å²) in [6.45, 7) is 0.827. The van der Waals surface area contributed by atoms with Gasteiger partial charge in [0, 0.05) is 28.8 Å². The van der Waals surface area contributed by atoms with E-state index in [0.29, 0.717) is 29.6 Å². The average molecular weight is 363 g/mol. The zero-order chi connectivity index (χ0) is 17.1. The Kier molecular flexibility index (Phi) is 5.07. The van der Waals surface area contributed by atoms with Gasteiger partial charge in [0.1, 0.15) is 5.92 Å². The van der Waals surface area contributed by atoms with Crippen LogP contribution in [0.1, 0.15) is 12.0 Å². The van der Waals surface area contributed by atoms with E-state index in [0.717, 1.165) is 11.3 Å². The van der Waals surface area contributed by atoms with E-state index in [1.807, 2.05) is 18.2 Å². The number of halogens is 2. The third-order valence-electron chi connectivity index (χ3n) is 4.07. The minimum atomic E-state index is -0.664. The van der Waals surface area contributed by atoms with E-state index in [1.54, 1.807) is 35.2 Å². The van der Waals surface area contributed by atoms with Crippen molar-refractivity contribution in [3.8, 4) is 0 Å². The van der Waals surface area contributed by atoms with Crippen molar-refractivity contribution >= 4 is 40.7 Å². The summed E-state index contributed by atoms with van der Waals surface area (Å²) in [5.41, 5.74) is 1.58. The monoisotopic (exact) mass is 362 g/mol. The summed E-state index contributed by atoms with van der Waals surface area (Å²) in [7, 11) is 0. The van der Waals surface area contributed by atoms with Gasteiger partial charge in [0.25, 0.3) is 0 Å². The molecule has 124 valence electrons. The number of carbonyl (C=O) groups is 2. The normalized spacial score (nSPS) is 17.2. The van der Waals surface area contributed by atoms with E-state index in [2.05, 4.69) is 5.32 Å². The average Bonchev–Trinajstić information content (AvgIpc) is 2.96. The second-order valence-corrected chi connectivity index (χ2v) is 6.46. The molecule has 0 aromatic heterocycles. The Hall–Kier alpha value is -2.04. The van der Waals surface area contributed by atoms with Gasteiger partial charge in [0.05, 0.1) is 0 Å². The molecule has 1 N–H and O–H groups in total. The number of rotatable bonds is 4. The van der Waals surface area contributed by atoms with Gasteiger partial charge in [0.15, 0.2) is 0 Å². The minimum absolute atomic E-state index is 0.186. The molecule has 1 heterocycles. The molecule has 0 aliphatic carbocycles. The van der Waals surface area contributed by atoms with Crippen LogP contribution in [0.5, 0.6) is 0 Å². The maximum atomic E-state index is 12.5. The van der Waals surface area contributed by atoms with E-state index < -0.39 is 5.92 Å². The molecular weight excluding hydrogens is 347 g/mol. The molecule has 1 aliphatic rings. The molecule has 0 bridgehead atoms. The highest BCUT2D eigenvalue weighted by atomic mass is 35.5. The van der Waals surface area contributed by atoms with Crippen LogP contribution in [0.15, 0.2) is 48.5 Å². The van der Waals surface area contributed by atoms with Crippen LogP contribution in [0.25, 0.3) is 0 Å². The number of hydrogen-bond acceptors (Lipinski definition) is 2. The summed E-state index contributed by atoms with van der Waals surface area (Å²) >= 11 is 11.9. The highest BCUT2D eigenvalue weighted by Gasteiger charge is 2.37. The van der Waals surface area contributed by atoms with Gasteiger partial charge < -0.3 is 10.2 Å². The lowest BCUT2D eigenvalue weighted by Crippen LogP contribution is -2.36. The second-order valence-electron chi connectivity index (χ2n) is 5.62. The first kappa shape index (κ1) is 16.8. The molecule has 4 nitrogen and oxygen atoms in total. The van der Waals surface area contributed by atoms with E-state index >= 15 is 0 Å². The molecule has 2 aromatic carbocycles. The van der Waals surface area contributed by atoms with Crippen LogP contribution in [0.4, 0.5) is 5.69 Å². The lowest BCUT2D eigenvalue weighted by molar-refractivity contribution is -0.132. The fourth-order valence-electron chi connectivity index (χ4n) is 2.75. The van der Waals surface area contributed by atoms with E-state index in [9.17, 15) is 9.59 Å². The summed E-state index contributed by atoms with van der Waals surface area (Å²) < 4.78 is 0. The third kappa shape index (κ3) is 3.55. The highest BCUT2D eigenvalue weighted by Crippen LogP contribution is 2.26. The third-order valence-corrected chi connectivity index (χ3v) is 4.69. The van der Waals surface area contributed by atoms with Crippen molar-refractivity contribution in [2.45, 2.75) is 13.0 Å². The van der Waals surface area contributed by atoms with Gasteiger partial charge in [-0.25, -0.2) is 0 Å². The molecule has 1 aliphatic heterocycles. The first-order valence-electron chi connectivity index (χ1n) is 7.64. The molecule has 0 radical (unpaired) electrons. The van der Waals surface area contributed by atoms with Gasteiger partial charge in [-0.2, -0.15) is 0 Å². The molecule has 2 aromatic rings. The lowest BCUT2D eigenvalue weighted by atomic mass is 10.1. The van der Waals surface area contributed by atoms with Crippen LogP contribution >= 0.6 is 23.2 Å². The van der Waals surface area contributed by atoms with Gasteiger partial charge in [0.2, 0.25) is 11.8 Å². The number of nitrogens with one attached hydrogen (secondary N) is 1. The van der Waals surface area contributed by atoms with Crippen molar-refractivity contribution in [1.82, 2.24) is 5.32 Å². The zero-order valence-electron chi connectivity index (χ0n) is 12.8. The topological polar surface area (TPSA) is 49.4 Å². The SMILES string of the molecule is O=C(NCc1ccccc1Cl)[C@H]1CCN(c2ccc(Cl)cc2)C1=O. The fourth-order valence-corrected chi connectivity index (χ4v) is 3.08. The molecule has 0 unspecified atom stereocenters. The van der Waals surface area contributed by atoms with Gasteiger partial charge >= 0.3 is 0 Å². The molecule has 1 fully saturated rings. The van der Waals surface area contributed by atoms with E-state index in [4.69, 9.17) is 23.2 Å². The Morgan fingerprint density at radius 2 is 1.83 bits per heavy atom. The number of anilines is 1. The van der Waals surface area contributed by atoms with Crippen molar-refractivity contribution in [2.75, 3.05) is 11.4 Å². The number of amides is 2. The largest absolute Gasteiger partial charge is 0.351 e. The van der Waals surface area contributed by atoms with E-state index in [1.165, 1.54) is 0 Å². The predicted molar refractivity (Wildman–Crippen MR) is 95.2 cm³/mol. The second kappa shape index (κ2) is 7.24. The molecule has 0 spiro atoms. The standard InChI is InChI=1S/C18H16Cl2N2O2/c19-13-5-7-14(8-6-13)22-10-9-15(18(22)24)17(23)21-11-12-3-1-2-4-16(12)20/h1-8,15H,9-11H2,(H,21,23)/t15-/m1/s1. The first-order chi connectivity index (χ1) is 11.6. The van der Waals surface area contributed by atoms with Gasteiger partial charge in [-0.3, -0.25) is 9.59 Å². The van der Waals surface area contributed by atoms with Gasteiger partial charge in [-0.05, 0) is 42.3 Å². The van der Waals surface area contributed by atoms with Crippen LogP contribution in [-0.2, 0) is 16.1 Å². The predicted octanol–water partition coefficient (Wildman–Crippen LogP) is 3.66. The molecule has 2 amide bonds. The molecular formula is C18H16Cl2N2O2. The summed E-state index contributed by atoms with van der Waals surface area (Å²) in [6.07, 6.45) is 0.496. The Balaban J connectivity index is 1.63. The first-order valence-corrected chi connectivity index (χ1v) is 8.40. The Labute approximate surface area is 150 Å². The maximum Gasteiger partial charge on any atom is 0.239 e. The molecule has 6 heteroatoms. The van der Waals surface area contributed by atoms with Crippen molar-refractivity contribution < 1.29 is 9.59 Å². The molecule has 3 rings (SSSR count). The molecule has 1 saturated heterocycles. The van der Waals surface area contributed by atoms with Crippen molar-refractivity contribution in [3.63, 3.8) is 0 Å². The number of carbonyl (C=O) groups excluding carboxylic acids is 2. The lowest BCUT2D eigenvalue weighted by Gasteiger charge is -2.17. The van der Waals surface area contributed by atoms with E-state index in [-0.39, 0.29) is 11.8 Å². The number of hydrogen-bond donors (Lipinski definition) is 1. The Morgan fingerprint density at radius 1 is 1.12 bits per heavy atom. The van der Waals surface area contributed by atoms with Crippen molar-refractivity contribution in [2.24, 2.45) is 5.92 Å². The summed E-state index contributed by atoms with van der Waals surface area (Å²) in [4.78, 5) is 26.5. The fraction of sp³-hybridized carbons (Fsp3) is 0.222. The summed E-state index contributed by atoms with van der Waals surface area (Å²) in [6, 6.07) is 14.3. The van der Waals surface area contributed by atoms with Crippen LogP contribution in [0.2, 0.25) is 10.0 Å². The zero-order valence-corrected chi connectivity index (χ0v) is 14.3. The summed E-state index contributed by atoms with van der Waals surface area (Å²) in [5, 5.41) is 4.01. The maximum absolute atomic E-state index is 12.5. The van der Waals surface area contributed by atoms with Crippen molar-refractivity contribution in [3.05, 3.63) is 64.1 Å². The highest BCUT2D eigenvalue weighted by molar-refractivity contribution is 6.31. The van der Waals surface area contributed by atoms with Crippen molar-refractivity contribution in [1.29, 1.82) is 0 Å². The molecule has 1 atom stereocenters. The van der Waals surface area contributed by atoms with Crippen LogP contribution in [0, 0.1) is 5.92 Å². The van der Waals surface area contributed by atoms with Gasteiger partial charge in [-0.15, -0.1) is 0 Å². The van der Waals surface area contributed by atoms with Crippen LogP contribution in [0.3, 0.4) is 0 Å².